The molecule has 3 amide bonds. The molecule has 0 aromatic heterocycles. The predicted octanol–water partition coefficient (Wildman–Crippen LogP) is 3.67. The van der Waals surface area contributed by atoms with Gasteiger partial charge in [-0.1, -0.05) is 37.0 Å². The summed E-state index contributed by atoms with van der Waals surface area (Å²) in [4.78, 5) is 26.7. The van der Waals surface area contributed by atoms with Gasteiger partial charge in [-0.3, -0.25) is 4.79 Å². The van der Waals surface area contributed by atoms with Crippen LogP contribution in [0.5, 0.6) is 0 Å². The first-order valence-electron chi connectivity index (χ1n) is 11.1. The number of likely N-dealkylation sites (N-methyl/N-ethyl adjacent to an activating group) is 1. The number of carbonyl (C=O) groups excluding carboxylic acids is 2. The van der Waals surface area contributed by atoms with Crippen molar-refractivity contribution in [1.29, 1.82) is 0 Å². The molecule has 3 N–H and O–H groups in total. The van der Waals surface area contributed by atoms with Crippen LogP contribution in [-0.4, -0.2) is 80.5 Å². The van der Waals surface area contributed by atoms with Crippen molar-refractivity contribution < 1.29 is 18.4 Å². The van der Waals surface area contributed by atoms with E-state index >= 15 is 0 Å². The third-order valence-electron chi connectivity index (χ3n) is 4.86. The number of piperazine rings is 1. The SMILES string of the molecule is C=C/C=C\C=C/C.CN(C)C(N)=O.CNCC(=O)N1CCN(C2=CC(F)=C(C)C(F)=CC2)CC1. The number of nitrogens with two attached hydrogens (primary N) is 1. The van der Waals surface area contributed by atoms with Gasteiger partial charge in [-0.2, -0.15) is 0 Å². The molecule has 1 aliphatic heterocycles. The average Bonchev–Trinajstić information content (AvgIpc) is 2.94. The Morgan fingerprint density at radius 2 is 1.76 bits per heavy atom. The molecular formula is C25H39F2N5O2. The molecule has 1 saturated heterocycles. The van der Waals surface area contributed by atoms with E-state index < -0.39 is 17.7 Å². The van der Waals surface area contributed by atoms with Crippen molar-refractivity contribution in [3.05, 3.63) is 72.0 Å². The highest BCUT2D eigenvalue weighted by atomic mass is 19.1. The largest absolute Gasteiger partial charge is 0.371 e. The summed E-state index contributed by atoms with van der Waals surface area (Å²) in [7, 11) is 4.94. The zero-order valence-electron chi connectivity index (χ0n) is 21.0. The fourth-order valence-corrected chi connectivity index (χ4v) is 2.76. The van der Waals surface area contributed by atoms with Gasteiger partial charge in [0.2, 0.25) is 5.91 Å². The molecule has 0 bridgehead atoms. The van der Waals surface area contributed by atoms with Gasteiger partial charge in [0.15, 0.2) is 0 Å². The van der Waals surface area contributed by atoms with Crippen molar-refractivity contribution in [2.24, 2.45) is 5.73 Å². The van der Waals surface area contributed by atoms with E-state index in [9.17, 15) is 18.4 Å². The van der Waals surface area contributed by atoms with Crippen LogP contribution < -0.4 is 11.1 Å². The van der Waals surface area contributed by atoms with Gasteiger partial charge in [-0.05, 0) is 33.0 Å². The zero-order chi connectivity index (χ0) is 26.1. The molecule has 34 heavy (non-hydrogen) atoms. The van der Waals surface area contributed by atoms with Crippen molar-refractivity contribution in [3.8, 4) is 0 Å². The van der Waals surface area contributed by atoms with Crippen molar-refractivity contribution >= 4 is 11.9 Å². The Morgan fingerprint density at radius 3 is 2.24 bits per heavy atom. The Kier molecular flexibility index (Phi) is 15.7. The number of nitrogens with one attached hydrogen (secondary N) is 1. The smallest absolute Gasteiger partial charge is 0.314 e. The lowest BCUT2D eigenvalue weighted by atomic mass is 10.2. The van der Waals surface area contributed by atoms with Crippen LogP contribution in [0.3, 0.4) is 0 Å². The molecule has 2 rings (SSSR count). The van der Waals surface area contributed by atoms with E-state index in [2.05, 4.69) is 11.9 Å². The fourth-order valence-electron chi connectivity index (χ4n) is 2.76. The van der Waals surface area contributed by atoms with Crippen LogP contribution in [-0.2, 0) is 4.79 Å². The second-order valence-corrected chi connectivity index (χ2v) is 7.64. The van der Waals surface area contributed by atoms with E-state index in [1.165, 1.54) is 24.0 Å². The van der Waals surface area contributed by atoms with E-state index in [-0.39, 0.29) is 11.5 Å². The second kappa shape index (κ2) is 17.3. The number of allylic oxidation sites excluding steroid dienone is 10. The van der Waals surface area contributed by atoms with Gasteiger partial charge in [-0.15, -0.1) is 0 Å². The van der Waals surface area contributed by atoms with E-state index in [4.69, 9.17) is 5.73 Å². The minimum absolute atomic E-state index is 0.0489. The molecule has 1 heterocycles. The maximum absolute atomic E-state index is 13.8. The van der Waals surface area contributed by atoms with Gasteiger partial charge in [0, 0.05) is 58.0 Å². The number of carbonyl (C=O) groups is 2. The van der Waals surface area contributed by atoms with Gasteiger partial charge >= 0.3 is 6.03 Å². The fraction of sp³-hybridized carbons (Fsp3) is 0.440. The van der Waals surface area contributed by atoms with Gasteiger partial charge in [0.05, 0.1) is 6.54 Å². The Balaban J connectivity index is 0.000000691. The predicted molar refractivity (Wildman–Crippen MR) is 135 cm³/mol. The van der Waals surface area contributed by atoms with Crippen LogP contribution in [0.4, 0.5) is 13.6 Å². The number of hydrogen-bond acceptors (Lipinski definition) is 4. The third-order valence-corrected chi connectivity index (χ3v) is 4.86. The van der Waals surface area contributed by atoms with E-state index in [1.54, 1.807) is 32.1 Å². The van der Waals surface area contributed by atoms with Crippen molar-refractivity contribution in [3.63, 3.8) is 0 Å². The molecule has 9 heteroatoms. The monoisotopic (exact) mass is 479 g/mol. The minimum Gasteiger partial charge on any atom is -0.371 e. The van der Waals surface area contributed by atoms with Crippen LogP contribution in [0.2, 0.25) is 0 Å². The number of nitrogens with zero attached hydrogens (tertiary/aromatic N) is 3. The van der Waals surface area contributed by atoms with E-state index in [1.807, 2.05) is 36.1 Å². The van der Waals surface area contributed by atoms with Crippen LogP contribution in [0.1, 0.15) is 20.3 Å². The molecule has 0 aromatic rings. The molecule has 1 aliphatic carbocycles. The number of rotatable bonds is 5. The van der Waals surface area contributed by atoms with Crippen molar-refractivity contribution in [2.45, 2.75) is 20.3 Å². The Hall–Kier alpha value is -3.20. The van der Waals surface area contributed by atoms with Crippen LogP contribution in [0.25, 0.3) is 0 Å². The molecule has 2 aliphatic rings. The summed E-state index contributed by atoms with van der Waals surface area (Å²) < 4.78 is 27.4. The first-order chi connectivity index (χ1) is 16.1. The summed E-state index contributed by atoms with van der Waals surface area (Å²) in [6, 6.07) is -0.407. The van der Waals surface area contributed by atoms with Crippen molar-refractivity contribution in [2.75, 3.05) is 53.9 Å². The number of amides is 3. The van der Waals surface area contributed by atoms with E-state index in [0.717, 1.165) is 5.70 Å². The highest BCUT2D eigenvalue weighted by Gasteiger charge is 2.23. The first-order valence-corrected chi connectivity index (χ1v) is 11.1. The molecule has 0 spiro atoms. The van der Waals surface area contributed by atoms with Gasteiger partial charge in [-0.25, -0.2) is 13.6 Å². The molecule has 0 aromatic carbocycles. The molecule has 0 unspecified atom stereocenters. The Labute approximate surface area is 202 Å². The molecule has 1 fully saturated rings. The zero-order valence-corrected chi connectivity index (χ0v) is 21.0. The standard InChI is InChI=1S/C15H21F2N3O.C7H10.C3H8N2O/c1-11-13(16)4-3-12(9-14(11)17)19-5-7-20(8-6-19)15(21)10-18-2;1-3-5-7-6-4-2;1-5(2)3(4)6/h4,9,18H,3,5-8,10H2,1-2H3;3-7H,1H2,2H3;1-2H3,(H2,4,6)/b;6-4-,7-5-;. The summed E-state index contributed by atoms with van der Waals surface area (Å²) in [6.45, 7) is 9.75. The lowest BCUT2D eigenvalue weighted by Crippen LogP contribution is -2.50. The van der Waals surface area contributed by atoms with Crippen LogP contribution >= 0.6 is 0 Å². The molecule has 0 atom stereocenters. The highest BCUT2D eigenvalue weighted by Crippen LogP contribution is 2.27. The maximum Gasteiger partial charge on any atom is 0.314 e. The van der Waals surface area contributed by atoms with Gasteiger partial charge in [0.25, 0.3) is 0 Å². The van der Waals surface area contributed by atoms with Gasteiger partial charge < -0.3 is 25.8 Å². The van der Waals surface area contributed by atoms with Crippen LogP contribution in [0, 0.1) is 0 Å². The van der Waals surface area contributed by atoms with Gasteiger partial charge in [0.1, 0.15) is 11.7 Å². The van der Waals surface area contributed by atoms with E-state index in [0.29, 0.717) is 39.1 Å². The number of urea groups is 1. The summed E-state index contributed by atoms with van der Waals surface area (Å²) in [6.07, 6.45) is 12.7. The molecule has 0 radical (unpaired) electrons. The second-order valence-electron chi connectivity index (χ2n) is 7.64. The summed E-state index contributed by atoms with van der Waals surface area (Å²) in [5.41, 5.74) is 5.54. The first kappa shape index (κ1) is 30.8. The third kappa shape index (κ3) is 12.2. The minimum atomic E-state index is -0.523. The van der Waals surface area contributed by atoms with Crippen molar-refractivity contribution in [1.82, 2.24) is 20.0 Å². The number of hydrogen-bond donors (Lipinski definition) is 2. The molecular weight excluding hydrogens is 440 g/mol. The summed E-state index contributed by atoms with van der Waals surface area (Å²) in [5, 5.41) is 2.84. The number of primary amides is 1. The Morgan fingerprint density at radius 1 is 1.18 bits per heavy atom. The average molecular weight is 480 g/mol. The highest BCUT2D eigenvalue weighted by molar-refractivity contribution is 5.78. The maximum atomic E-state index is 13.8. The summed E-state index contributed by atoms with van der Waals surface area (Å²) >= 11 is 0. The Bertz CT molecular complexity index is 821. The molecule has 7 nitrogen and oxygen atoms in total. The quantitative estimate of drug-likeness (QED) is 0.590. The van der Waals surface area contributed by atoms with Crippen LogP contribution in [0.15, 0.2) is 72.0 Å². The molecule has 190 valence electrons. The topological polar surface area (TPSA) is 81.9 Å². The lowest BCUT2D eigenvalue weighted by Gasteiger charge is -2.37. The number of halogens is 2. The normalized spacial score (nSPS) is 16.1. The molecule has 0 saturated carbocycles. The summed E-state index contributed by atoms with van der Waals surface area (Å²) in [5.74, 6) is -0.952. The lowest BCUT2D eigenvalue weighted by molar-refractivity contribution is -0.131.